The van der Waals surface area contributed by atoms with Crippen molar-refractivity contribution in [2.75, 3.05) is 0 Å². The van der Waals surface area contributed by atoms with Crippen molar-refractivity contribution in [3.05, 3.63) is 70.2 Å². The van der Waals surface area contributed by atoms with Crippen LogP contribution in [0.5, 0.6) is 0 Å². The van der Waals surface area contributed by atoms with E-state index in [-0.39, 0.29) is 16.4 Å². The summed E-state index contributed by atoms with van der Waals surface area (Å²) in [4.78, 5) is 12.7. The summed E-state index contributed by atoms with van der Waals surface area (Å²) in [6.07, 6.45) is 0.589. The van der Waals surface area contributed by atoms with Crippen LogP contribution in [0.1, 0.15) is 28.6 Å². The molecule has 2 aromatic carbocycles. The van der Waals surface area contributed by atoms with Gasteiger partial charge in [-0.3, -0.25) is 4.79 Å². The molecule has 0 spiro atoms. The minimum absolute atomic E-state index is 0.000633. The van der Waals surface area contributed by atoms with Gasteiger partial charge in [-0.25, -0.2) is 4.39 Å². The molecule has 106 valence electrons. The minimum atomic E-state index is -0.603. The highest BCUT2D eigenvalue weighted by Gasteiger charge is 2.21. The van der Waals surface area contributed by atoms with Crippen molar-refractivity contribution in [3.8, 4) is 0 Å². The highest BCUT2D eigenvalue weighted by atomic mass is 35.5. The van der Waals surface area contributed by atoms with Crippen LogP contribution in [0.2, 0.25) is 5.02 Å². The number of rotatable bonds is 3. The Hall–Kier alpha value is -2.13. The van der Waals surface area contributed by atoms with Crippen LogP contribution in [-0.4, -0.2) is 5.78 Å². The monoisotopic (exact) mass is 302 g/mol. The number of ketones is 1. The van der Waals surface area contributed by atoms with Gasteiger partial charge in [0.15, 0.2) is 5.78 Å². The molecule has 0 atom stereocenters. The lowest BCUT2D eigenvalue weighted by molar-refractivity contribution is 0.103. The number of hydrogen-bond donors (Lipinski definition) is 0. The van der Waals surface area contributed by atoms with Crippen molar-refractivity contribution in [3.63, 3.8) is 0 Å². The van der Waals surface area contributed by atoms with E-state index in [4.69, 9.17) is 16.0 Å². The third-order valence-electron chi connectivity index (χ3n) is 3.40. The number of halogens is 2. The molecule has 1 aromatic heterocycles. The lowest BCUT2D eigenvalue weighted by atomic mass is 9.99. The first-order valence-corrected chi connectivity index (χ1v) is 6.99. The molecule has 2 nitrogen and oxygen atoms in total. The number of hydrogen-bond acceptors (Lipinski definition) is 2. The number of para-hydroxylation sites is 1. The fraction of sp³-hybridized carbons (Fsp3) is 0.118. The summed E-state index contributed by atoms with van der Waals surface area (Å²) in [5, 5.41) is 0.744. The Kier molecular flexibility index (Phi) is 3.52. The number of furan rings is 1. The summed E-state index contributed by atoms with van der Waals surface area (Å²) in [6.45, 7) is 1.91. The molecular formula is C17H12ClFO2. The molecule has 1 heterocycles. The Balaban J connectivity index is 2.18. The zero-order valence-corrected chi connectivity index (χ0v) is 12.1. The van der Waals surface area contributed by atoms with Gasteiger partial charge < -0.3 is 4.42 Å². The molecule has 0 unspecified atom stereocenters. The number of carbonyl (C=O) groups excluding carboxylic acids is 1. The standard InChI is InChI=1S/C17H12ClFO2/c1-2-14-16(11-5-3-4-6-15(11)21-14)17(20)10-7-8-12(18)13(19)9-10/h3-9H,2H2,1H3. The van der Waals surface area contributed by atoms with Crippen molar-refractivity contribution in [2.45, 2.75) is 13.3 Å². The van der Waals surface area contributed by atoms with Crippen LogP contribution in [0.4, 0.5) is 4.39 Å². The molecule has 3 rings (SSSR count). The third-order valence-corrected chi connectivity index (χ3v) is 3.70. The topological polar surface area (TPSA) is 30.2 Å². The smallest absolute Gasteiger partial charge is 0.197 e. The average molecular weight is 303 g/mol. The van der Waals surface area contributed by atoms with Crippen molar-refractivity contribution >= 4 is 28.4 Å². The third kappa shape index (κ3) is 2.34. The summed E-state index contributed by atoms with van der Waals surface area (Å²) < 4.78 is 19.3. The fourth-order valence-electron chi connectivity index (χ4n) is 2.38. The van der Waals surface area contributed by atoms with Crippen LogP contribution in [-0.2, 0) is 6.42 Å². The molecule has 0 saturated heterocycles. The molecule has 3 aromatic rings. The zero-order valence-electron chi connectivity index (χ0n) is 11.3. The summed E-state index contributed by atoms with van der Waals surface area (Å²) in [6, 6.07) is 11.4. The maximum absolute atomic E-state index is 13.6. The fourth-order valence-corrected chi connectivity index (χ4v) is 2.49. The van der Waals surface area contributed by atoms with E-state index in [0.29, 0.717) is 23.3 Å². The zero-order chi connectivity index (χ0) is 15.0. The second-order valence-electron chi connectivity index (χ2n) is 4.71. The summed E-state index contributed by atoms with van der Waals surface area (Å²) in [7, 11) is 0. The van der Waals surface area contributed by atoms with Crippen molar-refractivity contribution in [1.29, 1.82) is 0 Å². The molecule has 0 fully saturated rings. The molecular weight excluding hydrogens is 291 g/mol. The van der Waals surface area contributed by atoms with E-state index in [0.717, 1.165) is 11.5 Å². The quantitative estimate of drug-likeness (QED) is 0.636. The van der Waals surface area contributed by atoms with Crippen molar-refractivity contribution in [2.24, 2.45) is 0 Å². The molecule has 0 bridgehead atoms. The van der Waals surface area contributed by atoms with Gasteiger partial charge in [-0.05, 0) is 24.3 Å². The second kappa shape index (κ2) is 5.34. The Morgan fingerprint density at radius 2 is 2.00 bits per heavy atom. The number of benzene rings is 2. The largest absolute Gasteiger partial charge is 0.460 e. The lowest BCUT2D eigenvalue weighted by Crippen LogP contribution is -2.04. The molecule has 0 aliphatic heterocycles. The molecule has 0 amide bonds. The highest BCUT2D eigenvalue weighted by molar-refractivity contribution is 6.31. The van der Waals surface area contributed by atoms with E-state index in [1.807, 2.05) is 31.2 Å². The van der Waals surface area contributed by atoms with Gasteiger partial charge in [0, 0.05) is 17.4 Å². The molecule has 21 heavy (non-hydrogen) atoms. The molecule has 0 aliphatic rings. The van der Waals surface area contributed by atoms with Gasteiger partial charge in [-0.15, -0.1) is 0 Å². The highest BCUT2D eigenvalue weighted by Crippen LogP contribution is 2.29. The van der Waals surface area contributed by atoms with Gasteiger partial charge in [-0.2, -0.15) is 0 Å². The van der Waals surface area contributed by atoms with E-state index in [9.17, 15) is 9.18 Å². The average Bonchev–Trinajstić information content (AvgIpc) is 2.87. The SMILES string of the molecule is CCc1oc2ccccc2c1C(=O)c1ccc(Cl)c(F)c1. The maximum Gasteiger partial charge on any atom is 0.197 e. The predicted octanol–water partition coefficient (Wildman–Crippen LogP) is 5.02. The Bertz CT molecular complexity index is 836. The van der Waals surface area contributed by atoms with Crippen LogP contribution in [0.3, 0.4) is 0 Å². The molecule has 4 heteroatoms. The van der Waals surface area contributed by atoms with Crippen molar-refractivity contribution < 1.29 is 13.6 Å². The summed E-state index contributed by atoms with van der Waals surface area (Å²) >= 11 is 5.66. The van der Waals surface area contributed by atoms with Gasteiger partial charge in [0.05, 0.1) is 10.6 Å². The van der Waals surface area contributed by atoms with Gasteiger partial charge in [0.2, 0.25) is 0 Å². The number of fused-ring (bicyclic) bond motifs is 1. The van der Waals surface area contributed by atoms with E-state index in [1.54, 1.807) is 0 Å². The summed E-state index contributed by atoms with van der Waals surface area (Å²) in [5.74, 6) is -0.253. The van der Waals surface area contributed by atoms with Crippen LogP contribution >= 0.6 is 11.6 Å². The minimum Gasteiger partial charge on any atom is -0.460 e. The summed E-state index contributed by atoms with van der Waals surface area (Å²) in [5.41, 5.74) is 1.42. The van der Waals surface area contributed by atoms with E-state index in [1.165, 1.54) is 12.1 Å². The van der Waals surface area contributed by atoms with Gasteiger partial charge in [0.25, 0.3) is 0 Å². The van der Waals surface area contributed by atoms with Crippen LogP contribution < -0.4 is 0 Å². The van der Waals surface area contributed by atoms with Crippen LogP contribution in [0.25, 0.3) is 11.0 Å². The van der Waals surface area contributed by atoms with Crippen LogP contribution in [0.15, 0.2) is 46.9 Å². The molecule has 0 saturated carbocycles. The predicted molar refractivity (Wildman–Crippen MR) is 80.4 cm³/mol. The number of aryl methyl sites for hydroxylation is 1. The Labute approximate surface area is 126 Å². The Morgan fingerprint density at radius 3 is 2.71 bits per heavy atom. The second-order valence-corrected chi connectivity index (χ2v) is 5.12. The lowest BCUT2D eigenvalue weighted by Gasteiger charge is -2.03. The molecule has 0 radical (unpaired) electrons. The Morgan fingerprint density at radius 1 is 1.24 bits per heavy atom. The van der Waals surface area contributed by atoms with E-state index >= 15 is 0 Å². The normalized spacial score (nSPS) is 11.0. The van der Waals surface area contributed by atoms with Crippen LogP contribution in [0, 0.1) is 5.82 Å². The first-order chi connectivity index (χ1) is 10.1. The van der Waals surface area contributed by atoms with E-state index in [2.05, 4.69) is 0 Å². The first-order valence-electron chi connectivity index (χ1n) is 6.62. The van der Waals surface area contributed by atoms with Gasteiger partial charge in [0.1, 0.15) is 17.2 Å². The molecule has 0 aliphatic carbocycles. The van der Waals surface area contributed by atoms with Gasteiger partial charge in [-0.1, -0.05) is 36.7 Å². The first kappa shape index (κ1) is 13.8. The maximum atomic E-state index is 13.6. The number of carbonyl (C=O) groups is 1. The van der Waals surface area contributed by atoms with Gasteiger partial charge >= 0.3 is 0 Å². The van der Waals surface area contributed by atoms with Crippen molar-refractivity contribution in [1.82, 2.24) is 0 Å². The molecule has 0 N–H and O–H groups in total. The van der Waals surface area contributed by atoms with E-state index < -0.39 is 5.82 Å².